The van der Waals surface area contributed by atoms with Gasteiger partial charge in [-0.3, -0.25) is 9.97 Å². The first-order valence-corrected chi connectivity index (χ1v) is 12.3. The van der Waals surface area contributed by atoms with Gasteiger partial charge in [0.2, 0.25) is 0 Å². The van der Waals surface area contributed by atoms with Crippen LogP contribution in [0.15, 0.2) is 18.3 Å². The average molecular weight is 475 g/mol. The number of ether oxygens (including phenoxy) is 1. The van der Waals surface area contributed by atoms with E-state index in [1.54, 1.807) is 0 Å². The van der Waals surface area contributed by atoms with Crippen LogP contribution in [0.5, 0.6) is 0 Å². The lowest BCUT2D eigenvalue weighted by Gasteiger charge is -2.39. The quantitative estimate of drug-likeness (QED) is 0.523. The molecule has 2 aromatic rings. The van der Waals surface area contributed by atoms with Crippen molar-refractivity contribution in [2.24, 2.45) is 11.3 Å². The summed E-state index contributed by atoms with van der Waals surface area (Å²) in [4.78, 5) is 9.32. The molecule has 0 amide bonds. The van der Waals surface area contributed by atoms with Crippen LogP contribution >= 0.6 is 0 Å². The zero-order valence-corrected chi connectivity index (χ0v) is 20.5. The minimum absolute atomic E-state index is 0.0653. The molecular formula is C27H33F3N2O2. The number of aromatic nitrogens is 2. The van der Waals surface area contributed by atoms with Gasteiger partial charge in [0.1, 0.15) is 6.10 Å². The van der Waals surface area contributed by atoms with Crippen molar-refractivity contribution in [3.05, 3.63) is 57.7 Å². The molecule has 5 rings (SSSR count). The lowest BCUT2D eigenvalue weighted by Crippen LogP contribution is -2.34. The van der Waals surface area contributed by atoms with Crippen molar-refractivity contribution in [1.82, 2.24) is 9.97 Å². The number of nitrogens with zero attached hydrogens (tertiary/aromatic N) is 2. The second kappa shape index (κ2) is 7.76. The van der Waals surface area contributed by atoms with Crippen molar-refractivity contribution in [1.29, 1.82) is 0 Å². The van der Waals surface area contributed by atoms with Gasteiger partial charge in [-0.05, 0) is 67.1 Å². The van der Waals surface area contributed by atoms with Gasteiger partial charge in [0.05, 0.1) is 23.0 Å². The Morgan fingerprint density at radius 2 is 1.91 bits per heavy atom. The molecule has 2 aromatic heterocycles. The fraction of sp³-hybridized carbons (Fsp3) is 0.630. The predicted molar refractivity (Wildman–Crippen MR) is 122 cm³/mol. The van der Waals surface area contributed by atoms with Gasteiger partial charge in [0.25, 0.3) is 0 Å². The summed E-state index contributed by atoms with van der Waals surface area (Å²) in [7, 11) is 0. The molecule has 1 saturated carbocycles. The minimum atomic E-state index is -4.44. The predicted octanol–water partition coefficient (Wildman–Crippen LogP) is 6.76. The van der Waals surface area contributed by atoms with E-state index in [0.29, 0.717) is 12.1 Å². The number of aliphatic hydroxyl groups is 1. The van der Waals surface area contributed by atoms with Crippen LogP contribution in [-0.2, 0) is 22.9 Å². The molecule has 2 aliphatic carbocycles. The highest BCUT2D eigenvalue weighted by atomic mass is 19.4. The Bertz CT molecular complexity index is 1110. The molecule has 4 nitrogen and oxygen atoms in total. The van der Waals surface area contributed by atoms with E-state index in [9.17, 15) is 18.3 Å². The molecule has 0 bridgehead atoms. The lowest BCUT2D eigenvalue weighted by molar-refractivity contribution is -0.137. The van der Waals surface area contributed by atoms with Gasteiger partial charge in [-0.1, -0.05) is 34.6 Å². The summed E-state index contributed by atoms with van der Waals surface area (Å²) in [5.41, 5.74) is 3.73. The summed E-state index contributed by atoms with van der Waals surface area (Å²) in [5, 5.41) is 11.4. The summed E-state index contributed by atoms with van der Waals surface area (Å²) in [5.74, 6) is 0.313. The van der Waals surface area contributed by atoms with Crippen LogP contribution in [0.1, 0.15) is 118 Å². The number of hydrogen-bond acceptors (Lipinski definition) is 4. The third-order valence-electron chi connectivity index (χ3n) is 8.03. The highest BCUT2D eigenvalue weighted by Gasteiger charge is 2.56. The number of halogens is 3. The summed E-state index contributed by atoms with van der Waals surface area (Å²) in [6.45, 7) is 10.7. The monoisotopic (exact) mass is 474 g/mol. The Morgan fingerprint density at radius 1 is 1.18 bits per heavy atom. The summed E-state index contributed by atoms with van der Waals surface area (Å²) >= 11 is 0. The Hall–Kier alpha value is -1.99. The molecule has 184 valence electrons. The molecule has 3 aliphatic rings. The maximum atomic E-state index is 13.2. The fourth-order valence-corrected chi connectivity index (χ4v) is 6.45. The first-order valence-electron chi connectivity index (χ1n) is 12.3. The maximum Gasteiger partial charge on any atom is 0.417 e. The first kappa shape index (κ1) is 23.7. The van der Waals surface area contributed by atoms with Gasteiger partial charge in [-0.2, -0.15) is 13.2 Å². The molecular weight excluding hydrogens is 441 g/mol. The first-order chi connectivity index (χ1) is 15.8. The number of rotatable bonds is 2. The second-order valence-corrected chi connectivity index (χ2v) is 11.5. The summed E-state index contributed by atoms with van der Waals surface area (Å²) < 4.78 is 46.4. The number of pyridine rings is 2. The molecule has 0 aromatic carbocycles. The van der Waals surface area contributed by atoms with E-state index in [2.05, 4.69) is 39.6 Å². The van der Waals surface area contributed by atoms with Crippen LogP contribution in [0.2, 0.25) is 0 Å². The van der Waals surface area contributed by atoms with Gasteiger partial charge in [0, 0.05) is 28.7 Å². The number of alkyl halides is 3. The van der Waals surface area contributed by atoms with E-state index in [1.807, 2.05) is 0 Å². The van der Waals surface area contributed by atoms with Gasteiger partial charge in [-0.15, -0.1) is 0 Å². The van der Waals surface area contributed by atoms with Gasteiger partial charge in [0.15, 0.2) is 0 Å². The topological polar surface area (TPSA) is 55.2 Å². The molecule has 34 heavy (non-hydrogen) atoms. The lowest BCUT2D eigenvalue weighted by atomic mass is 9.69. The van der Waals surface area contributed by atoms with Crippen LogP contribution in [-0.4, -0.2) is 15.1 Å². The number of fused-ring (bicyclic) bond motifs is 4. The molecule has 3 heterocycles. The second-order valence-electron chi connectivity index (χ2n) is 11.5. The molecule has 0 radical (unpaired) electrons. The van der Waals surface area contributed by atoms with Crippen LogP contribution < -0.4 is 0 Å². The van der Waals surface area contributed by atoms with Gasteiger partial charge in [-0.25, -0.2) is 0 Å². The third-order valence-corrected chi connectivity index (χ3v) is 8.03. The third kappa shape index (κ3) is 3.58. The highest BCUT2D eigenvalue weighted by Crippen LogP contribution is 2.61. The van der Waals surface area contributed by atoms with Crippen LogP contribution in [0.25, 0.3) is 0 Å². The summed E-state index contributed by atoms with van der Waals surface area (Å²) in [6, 6.07) is 2.51. The largest absolute Gasteiger partial charge is 0.417 e. The Balaban J connectivity index is 1.76. The molecule has 1 fully saturated rings. The fourth-order valence-electron chi connectivity index (χ4n) is 6.45. The zero-order valence-electron chi connectivity index (χ0n) is 20.5. The Morgan fingerprint density at radius 3 is 2.47 bits per heavy atom. The van der Waals surface area contributed by atoms with E-state index in [4.69, 9.17) is 9.72 Å². The molecule has 7 heteroatoms. The van der Waals surface area contributed by atoms with Gasteiger partial charge < -0.3 is 9.84 Å². The average Bonchev–Trinajstić information content (AvgIpc) is 3.27. The standard InChI is InChI=1S/C27H33F3N2O2/c1-14(2)23-21-22(20-18(32-23)11-25(4,5)12-19(20)33)26(10-6-7-15(26)3)34-24(21)17-9-8-16(13-31-17)27(28,29)30/h8-9,13-15,19,24,33H,6-7,10-12H2,1-5H3. The summed E-state index contributed by atoms with van der Waals surface area (Å²) in [6.07, 6.45) is -0.553. The van der Waals surface area contributed by atoms with E-state index in [0.717, 1.165) is 66.0 Å². The molecule has 1 N–H and O–H groups in total. The Labute approximate surface area is 199 Å². The van der Waals surface area contributed by atoms with Crippen molar-refractivity contribution in [3.63, 3.8) is 0 Å². The molecule has 4 atom stereocenters. The van der Waals surface area contributed by atoms with Crippen LogP contribution in [0.4, 0.5) is 13.2 Å². The van der Waals surface area contributed by atoms with Crippen molar-refractivity contribution >= 4 is 0 Å². The van der Waals surface area contributed by atoms with Crippen LogP contribution in [0.3, 0.4) is 0 Å². The van der Waals surface area contributed by atoms with E-state index in [-0.39, 0.29) is 17.3 Å². The maximum absolute atomic E-state index is 13.2. The minimum Gasteiger partial charge on any atom is -0.388 e. The van der Waals surface area contributed by atoms with Crippen LogP contribution in [0, 0.1) is 11.3 Å². The SMILES string of the molecule is CC(C)c1nc2c(c3c1C(c1ccc(C(F)(F)F)cn1)OC31CCCC1C)C(O)CC(C)(C)C2. The van der Waals surface area contributed by atoms with Crippen molar-refractivity contribution in [2.45, 2.75) is 96.6 Å². The smallest absolute Gasteiger partial charge is 0.388 e. The molecule has 0 saturated heterocycles. The van der Waals surface area contributed by atoms with E-state index < -0.39 is 29.5 Å². The van der Waals surface area contributed by atoms with Crippen molar-refractivity contribution < 1.29 is 23.0 Å². The zero-order chi connectivity index (χ0) is 24.6. The number of aliphatic hydroxyl groups excluding tert-OH is 1. The van der Waals surface area contributed by atoms with E-state index in [1.165, 1.54) is 6.07 Å². The normalized spacial score (nSPS) is 30.1. The number of hydrogen-bond donors (Lipinski definition) is 1. The highest BCUT2D eigenvalue weighted by molar-refractivity contribution is 5.54. The van der Waals surface area contributed by atoms with Crippen molar-refractivity contribution in [3.8, 4) is 0 Å². The van der Waals surface area contributed by atoms with Gasteiger partial charge >= 0.3 is 6.18 Å². The molecule has 1 spiro atoms. The molecule has 1 aliphatic heterocycles. The molecule has 4 unspecified atom stereocenters. The van der Waals surface area contributed by atoms with Crippen molar-refractivity contribution in [2.75, 3.05) is 0 Å². The Kier molecular flexibility index (Phi) is 5.41. The van der Waals surface area contributed by atoms with E-state index >= 15 is 0 Å².